The second-order valence-electron chi connectivity index (χ2n) is 3.95. The fourth-order valence-electron chi connectivity index (χ4n) is 1.70. The number of aromatic nitrogens is 2. The van der Waals surface area contributed by atoms with Gasteiger partial charge < -0.3 is 10.7 Å². The molecule has 2 rings (SSSR count). The van der Waals surface area contributed by atoms with Crippen LogP contribution >= 0.6 is 0 Å². The van der Waals surface area contributed by atoms with Gasteiger partial charge in [-0.2, -0.15) is 5.10 Å². The predicted octanol–water partition coefficient (Wildman–Crippen LogP) is 2.72. The molecule has 4 nitrogen and oxygen atoms in total. The van der Waals surface area contributed by atoms with Gasteiger partial charge in [0.2, 0.25) is 0 Å². The van der Waals surface area contributed by atoms with Gasteiger partial charge in [-0.1, -0.05) is 19.1 Å². The summed E-state index contributed by atoms with van der Waals surface area (Å²) >= 11 is 0. The van der Waals surface area contributed by atoms with Crippen LogP contribution in [0.5, 0.6) is 0 Å². The molecule has 0 amide bonds. The largest absolute Gasteiger partial charge is 0.352 e. The summed E-state index contributed by atoms with van der Waals surface area (Å²) in [6, 6.07) is 6.09. The molecule has 0 spiro atoms. The Balaban J connectivity index is 2.32. The summed E-state index contributed by atoms with van der Waals surface area (Å²) < 4.78 is 1.75. The molecule has 1 heterocycles. The van der Waals surface area contributed by atoms with Crippen LogP contribution in [0.1, 0.15) is 18.1 Å². The summed E-state index contributed by atoms with van der Waals surface area (Å²) in [6.45, 7) is 2.12. The number of hydrogen-bond acceptors (Lipinski definition) is 3. The molecule has 0 aliphatic carbocycles. The molecule has 2 N–H and O–H groups in total. The van der Waals surface area contributed by atoms with Crippen molar-refractivity contribution in [1.82, 2.24) is 9.78 Å². The number of nitrogens with zero attached hydrogens (tertiary/aromatic N) is 2. The van der Waals surface area contributed by atoms with Crippen LogP contribution in [0.2, 0.25) is 0 Å². The summed E-state index contributed by atoms with van der Waals surface area (Å²) in [6.07, 6.45) is 6.02. The van der Waals surface area contributed by atoms with Crippen LogP contribution in [0.25, 0.3) is 0 Å². The van der Waals surface area contributed by atoms with Crippen molar-refractivity contribution < 1.29 is 0 Å². The molecule has 0 saturated carbocycles. The van der Waals surface area contributed by atoms with Crippen LogP contribution in [0.4, 0.5) is 11.4 Å². The van der Waals surface area contributed by atoms with Gasteiger partial charge in [0.1, 0.15) is 0 Å². The van der Waals surface area contributed by atoms with E-state index in [-0.39, 0.29) is 0 Å². The molecule has 1 aromatic carbocycles. The summed E-state index contributed by atoms with van der Waals surface area (Å²) in [4.78, 5) is 0. The van der Waals surface area contributed by atoms with E-state index in [1.54, 1.807) is 10.9 Å². The van der Waals surface area contributed by atoms with Gasteiger partial charge in [-0.05, 0) is 18.1 Å². The van der Waals surface area contributed by atoms with E-state index in [2.05, 4.69) is 29.5 Å². The van der Waals surface area contributed by atoms with Crippen molar-refractivity contribution in [2.45, 2.75) is 13.3 Å². The van der Waals surface area contributed by atoms with Gasteiger partial charge in [-0.3, -0.25) is 4.68 Å². The van der Waals surface area contributed by atoms with Gasteiger partial charge in [-0.25, -0.2) is 0 Å². The molecular formula is C13H16N4. The highest BCUT2D eigenvalue weighted by atomic mass is 15.3. The summed E-state index contributed by atoms with van der Waals surface area (Å²) in [7, 11) is 1.88. The minimum atomic E-state index is 0.881. The van der Waals surface area contributed by atoms with Crippen molar-refractivity contribution in [3.63, 3.8) is 0 Å². The van der Waals surface area contributed by atoms with Crippen LogP contribution in [-0.2, 0) is 13.5 Å². The standard InChI is InChI=1S/C13H16N4/c1-3-10-4-5-11(7-14)13(6-10)16-12-8-15-17(2)9-12/h4-9,14,16H,3H2,1-2H3. The maximum absolute atomic E-state index is 7.40. The average molecular weight is 228 g/mol. The Labute approximate surface area is 101 Å². The van der Waals surface area contributed by atoms with Crippen molar-refractivity contribution in [1.29, 1.82) is 5.41 Å². The number of rotatable bonds is 4. The molecule has 0 aliphatic heterocycles. The molecule has 17 heavy (non-hydrogen) atoms. The van der Waals surface area contributed by atoms with E-state index >= 15 is 0 Å². The Hall–Kier alpha value is -2.10. The quantitative estimate of drug-likeness (QED) is 0.790. The summed E-state index contributed by atoms with van der Waals surface area (Å²) in [5.74, 6) is 0. The third-order valence-corrected chi connectivity index (χ3v) is 2.67. The van der Waals surface area contributed by atoms with E-state index in [0.29, 0.717) is 0 Å². The molecule has 0 radical (unpaired) electrons. The number of benzene rings is 1. The maximum Gasteiger partial charge on any atom is 0.0770 e. The molecule has 0 unspecified atom stereocenters. The molecule has 2 aromatic rings. The third kappa shape index (κ3) is 2.53. The zero-order chi connectivity index (χ0) is 12.3. The lowest BCUT2D eigenvalue weighted by Gasteiger charge is -2.09. The van der Waals surface area contributed by atoms with Gasteiger partial charge in [0, 0.05) is 30.7 Å². The maximum atomic E-state index is 7.40. The van der Waals surface area contributed by atoms with E-state index in [0.717, 1.165) is 23.4 Å². The Morgan fingerprint density at radius 1 is 1.47 bits per heavy atom. The molecule has 0 saturated heterocycles. The van der Waals surface area contributed by atoms with Crippen LogP contribution in [0.3, 0.4) is 0 Å². The average Bonchev–Trinajstić information content (AvgIpc) is 2.74. The third-order valence-electron chi connectivity index (χ3n) is 2.67. The number of nitrogens with one attached hydrogen (secondary N) is 2. The Bertz CT molecular complexity index is 528. The first kappa shape index (κ1) is 11.4. The first-order chi connectivity index (χ1) is 8.22. The Kier molecular flexibility index (Phi) is 3.23. The number of hydrogen-bond donors (Lipinski definition) is 2. The Morgan fingerprint density at radius 2 is 2.29 bits per heavy atom. The van der Waals surface area contributed by atoms with E-state index in [4.69, 9.17) is 5.41 Å². The molecule has 4 heteroatoms. The number of aryl methyl sites for hydroxylation is 2. The highest BCUT2D eigenvalue weighted by molar-refractivity contribution is 5.87. The van der Waals surface area contributed by atoms with Gasteiger partial charge in [-0.15, -0.1) is 0 Å². The van der Waals surface area contributed by atoms with Crippen molar-refractivity contribution in [2.75, 3.05) is 5.32 Å². The highest BCUT2D eigenvalue weighted by Crippen LogP contribution is 2.21. The van der Waals surface area contributed by atoms with Crippen molar-refractivity contribution in [3.8, 4) is 0 Å². The van der Waals surface area contributed by atoms with Gasteiger partial charge in [0.15, 0.2) is 0 Å². The van der Waals surface area contributed by atoms with Crippen LogP contribution in [-0.4, -0.2) is 16.0 Å². The lowest BCUT2D eigenvalue weighted by Crippen LogP contribution is -1.96. The zero-order valence-corrected chi connectivity index (χ0v) is 10.1. The first-order valence-electron chi connectivity index (χ1n) is 5.62. The van der Waals surface area contributed by atoms with Crippen LogP contribution in [0.15, 0.2) is 30.6 Å². The van der Waals surface area contributed by atoms with Gasteiger partial charge in [0.05, 0.1) is 11.9 Å². The van der Waals surface area contributed by atoms with Crippen molar-refractivity contribution in [3.05, 3.63) is 41.7 Å². The van der Waals surface area contributed by atoms with E-state index in [1.807, 2.05) is 19.3 Å². The van der Waals surface area contributed by atoms with Crippen molar-refractivity contribution in [2.24, 2.45) is 7.05 Å². The zero-order valence-electron chi connectivity index (χ0n) is 10.1. The van der Waals surface area contributed by atoms with Crippen molar-refractivity contribution >= 4 is 17.6 Å². The molecular weight excluding hydrogens is 212 g/mol. The topological polar surface area (TPSA) is 53.7 Å². The van der Waals surface area contributed by atoms with Crippen LogP contribution < -0.4 is 5.32 Å². The minimum absolute atomic E-state index is 0.881. The second kappa shape index (κ2) is 4.82. The molecule has 1 aromatic heterocycles. The number of anilines is 2. The smallest absolute Gasteiger partial charge is 0.0770 e. The lowest BCUT2D eigenvalue weighted by atomic mass is 10.1. The lowest BCUT2D eigenvalue weighted by molar-refractivity contribution is 0.768. The Morgan fingerprint density at radius 3 is 2.88 bits per heavy atom. The van der Waals surface area contributed by atoms with Gasteiger partial charge >= 0.3 is 0 Å². The SMILES string of the molecule is CCc1ccc(C=N)c(Nc2cnn(C)c2)c1. The van der Waals surface area contributed by atoms with Gasteiger partial charge in [0.25, 0.3) is 0 Å². The highest BCUT2D eigenvalue weighted by Gasteiger charge is 2.03. The monoisotopic (exact) mass is 228 g/mol. The van der Waals surface area contributed by atoms with E-state index < -0.39 is 0 Å². The normalized spacial score (nSPS) is 10.2. The summed E-state index contributed by atoms with van der Waals surface area (Å²) in [5.41, 5.74) is 4.02. The molecule has 0 atom stereocenters. The van der Waals surface area contributed by atoms with E-state index in [1.165, 1.54) is 11.8 Å². The minimum Gasteiger partial charge on any atom is -0.352 e. The van der Waals surface area contributed by atoms with E-state index in [9.17, 15) is 0 Å². The first-order valence-corrected chi connectivity index (χ1v) is 5.62. The predicted molar refractivity (Wildman–Crippen MR) is 70.2 cm³/mol. The molecule has 0 bridgehead atoms. The fourth-order valence-corrected chi connectivity index (χ4v) is 1.70. The summed E-state index contributed by atoms with van der Waals surface area (Å²) in [5, 5.41) is 14.8. The second-order valence-corrected chi connectivity index (χ2v) is 3.95. The van der Waals surface area contributed by atoms with Crippen LogP contribution in [0, 0.1) is 5.41 Å². The fraction of sp³-hybridized carbons (Fsp3) is 0.231. The molecule has 0 fully saturated rings. The molecule has 0 aliphatic rings. The molecule has 88 valence electrons.